The lowest BCUT2D eigenvalue weighted by Gasteiger charge is -2.36. The molecule has 2 heterocycles. The highest BCUT2D eigenvalue weighted by Gasteiger charge is 2.18. The molecule has 106 valence electrons. The first-order chi connectivity index (χ1) is 9.06. The summed E-state index contributed by atoms with van der Waals surface area (Å²) in [5, 5.41) is 4.27. The first-order valence-corrected chi connectivity index (χ1v) is 7.07. The van der Waals surface area contributed by atoms with E-state index in [0.29, 0.717) is 12.6 Å². The third-order valence-corrected chi connectivity index (χ3v) is 3.77. The molecule has 0 radical (unpaired) electrons. The molecule has 1 aliphatic heterocycles. The lowest BCUT2D eigenvalue weighted by molar-refractivity contribution is 0.105. The zero-order valence-electron chi connectivity index (χ0n) is 12.2. The summed E-state index contributed by atoms with van der Waals surface area (Å²) in [7, 11) is 0. The van der Waals surface area contributed by atoms with Crippen molar-refractivity contribution >= 4 is 0 Å². The molecule has 0 aromatic carbocycles. The first kappa shape index (κ1) is 14.2. The second-order valence-corrected chi connectivity index (χ2v) is 5.51. The Morgan fingerprint density at radius 1 is 1.16 bits per heavy atom. The molecule has 0 amide bonds. The summed E-state index contributed by atoms with van der Waals surface area (Å²) in [6.07, 6.45) is 0. The number of piperazine rings is 1. The molecule has 2 rings (SSSR count). The van der Waals surface area contributed by atoms with Crippen LogP contribution in [-0.4, -0.2) is 58.3 Å². The van der Waals surface area contributed by atoms with Crippen LogP contribution >= 0.6 is 0 Å². The Morgan fingerprint density at radius 3 is 2.47 bits per heavy atom. The summed E-state index contributed by atoms with van der Waals surface area (Å²) in [5.74, 6) is 0. The van der Waals surface area contributed by atoms with Crippen LogP contribution in [-0.2, 0) is 6.54 Å². The molecule has 1 aliphatic rings. The van der Waals surface area contributed by atoms with Crippen molar-refractivity contribution in [2.45, 2.75) is 33.4 Å². The Hall–Kier alpha value is -1.20. The van der Waals surface area contributed by atoms with Gasteiger partial charge >= 0.3 is 0 Å². The van der Waals surface area contributed by atoms with Gasteiger partial charge in [0.2, 0.25) is 0 Å². The predicted octanol–water partition coefficient (Wildman–Crippen LogP) is 0.578. The minimum Gasteiger partial charge on any atom is -0.299 e. The molecule has 0 unspecified atom stereocenters. The van der Waals surface area contributed by atoms with Crippen molar-refractivity contribution in [1.29, 1.82) is 0 Å². The summed E-state index contributed by atoms with van der Waals surface area (Å²) in [6.45, 7) is 12.4. The van der Waals surface area contributed by atoms with Gasteiger partial charge in [0.15, 0.2) is 0 Å². The molecule has 5 nitrogen and oxygen atoms in total. The van der Waals surface area contributed by atoms with Gasteiger partial charge in [0.05, 0.1) is 12.2 Å². The standard InChI is InChI=1S/C14H24N4O/c1-12(2)17-9-6-16(7-10-17)8-11-18-14(19)5-4-13(3)15-18/h4-5,12H,6-11H2,1-3H3. The first-order valence-electron chi connectivity index (χ1n) is 7.07. The molecule has 19 heavy (non-hydrogen) atoms. The zero-order chi connectivity index (χ0) is 13.8. The van der Waals surface area contributed by atoms with E-state index in [9.17, 15) is 4.79 Å². The normalized spacial score (nSPS) is 18.1. The van der Waals surface area contributed by atoms with E-state index in [1.54, 1.807) is 16.8 Å². The van der Waals surface area contributed by atoms with Crippen molar-refractivity contribution in [3.05, 3.63) is 28.2 Å². The fourth-order valence-electron chi connectivity index (χ4n) is 2.45. The van der Waals surface area contributed by atoms with E-state index in [0.717, 1.165) is 38.4 Å². The average Bonchev–Trinajstić information content (AvgIpc) is 2.40. The van der Waals surface area contributed by atoms with Crippen LogP contribution in [0.3, 0.4) is 0 Å². The van der Waals surface area contributed by atoms with Gasteiger partial charge in [-0.1, -0.05) is 0 Å². The van der Waals surface area contributed by atoms with Crippen LogP contribution < -0.4 is 5.56 Å². The maximum absolute atomic E-state index is 11.7. The van der Waals surface area contributed by atoms with E-state index in [-0.39, 0.29) is 5.56 Å². The van der Waals surface area contributed by atoms with Gasteiger partial charge in [0.1, 0.15) is 0 Å². The van der Waals surface area contributed by atoms with Crippen LogP contribution in [0.15, 0.2) is 16.9 Å². The van der Waals surface area contributed by atoms with Crippen molar-refractivity contribution in [3.63, 3.8) is 0 Å². The highest BCUT2D eigenvalue weighted by Crippen LogP contribution is 2.05. The molecular weight excluding hydrogens is 240 g/mol. The highest BCUT2D eigenvalue weighted by molar-refractivity contribution is 4.97. The molecule has 1 aromatic heterocycles. The number of aryl methyl sites for hydroxylation is 1. The van der Waals surface area contributed by atoms with Crippen LogP contribution in [0.5, 0.6) is 0 Å². The van der Waals surface area contributed by atoms with Gasteiger partial charge in [-0.2, -0.15) is 5.10 Å². The third kappa shape index (κ3) is 3.88. The van der Waals surface area contributed by atoms with Crippen LogP contribution in [0.2, 0.25) is 0 Å². The van der Waals surface area contributed by atoms with Gasteiger partial charge in [-0.05, 0) is 26.8 Å². The predicted molar refractivity (Wildman–Crippen MR) is 76.4 cm³/mol. The molecule has 5 heteroatoms. The quantitative estimate of drug-likeness (QED) is 0.797. The van der Waals surface area contributed by atoms with Crippen molar-refractivity contribution in [2.75, 3.05) is 32.7 Å². The second kappa shape index (κ2) is 6.30. The minimum atomic E-state index is -0.00795. The van der Waals surface area contributed by atoms with Crippen molar-refractivity contribution in [1.82, 2.24) is 19.6 Å². The summed E-state index contributed by atoms with van der Waals surface area (Å²) in [4.78, 5) is 16.6. The van der Waals surface area contributed by atoms with Crippen LogP contribution in [0.25, 0.3) is 0 Å². The van der Waals surface area contributed by atoms with E-state index in [1.807, 2.05) is 6.92 Å². The number of hydrogen-bond acceptors (Lipinski definition) is 4. The topological polar surface area (TPSA) is 41.4 Å². The second-order valence-electron chi connectivity index (χ2n) is 5.51. The van der Waals surface area contributed by atoms with Gasteiger partial charge in [0.25, 0.3) is 5.56 Å². The molecule has 1 aromatic rings. The summed E-state index contributed by atoms with van der Waals surface area (Å²) in [6, 6.07) is 3.99. The fraction of sp³-hybridized carbons (Fsp3) is 0.714. The van der Waals surface area contributed by atoms with Crippen molar-refractivity contribution < 1.29 is 0 Å². The smallest absolute Gasteiger partial charge is 0.266 e. The Bertz CT molecular complexity index is 461. The molecular formula is C14H24N4O. The zero-order valence-corrected chi connectivity index (χ0v) is 12.2. The average molecular weight is 264 g/mol. The van der Waals surface area contributed by atoms with Gasteiger partial charge in [-0.3, -0.25) is 14.6 Å². The minimum absolute atomic E-state index is 0.00795. The summed E-state index contributed by atoms with van der Waals surface area (Å²) >= 11 is 0. The summed E-state index contributed by atoms with van der Waals surface area (Å²) < 4.78 is 1.57. The molecule has 0 N–H and O–H groups in total. The Kier molecular flexibility index (Phi) is 4.71. The largest absolute Gasteiger partial charge is 0.299 e. The van der Waals surface area contributed by atoms with Gasteiger partial charge in [-0.25, -0.2) is 4.68 Å². The molecule has 1 fully saturated rings. The Labute approximate surface area is 114 Å². The molecule has 0 spiro atoms. The van der Waals surface area contributed by atoms with Crippen LogP contribution in [0.4, 0.5) is 0 Å². The van der Waals surface area contributed by atoms with E-state index < -0.39 is 0 Å². The molecule has 0 aliphatic carbocycles. The monoisotopic (exact) mass is 264 g/mol. The highest BCUT2D eigenvalue weighted by atomic mass is 16.1. The van der Waals surface area contributed by atoms with Gasteiger partial charge in [-0.15, -0.1) is 0 Å². The SMILES string of the molecule is Cc1ccc(=O)n(CCN2CCN(C(C)C)CC2)n1. The fourth-order valence-corrected chi connectivity index (χ4v) is 2.45. The molecule has 0 saturated carbocycles. The lowest BCUT2D eigenvalue weighted by Crippen LogP contribution is -2.49. The van der Waals surface area contributed by atoms with E-state index in [4.69, 9.17) is 0 Å². The van der Waals surface area contributed by atoms with Crippen molar-refractivity contribution in [3.8, 4) is 0 Å². The van der Waals surface area contributed by atoms with E-state index in [1.165, 1.54) is 0 Å². The number of rotatable bonds is 4. The molecule has 1 saturated heterocycles. The number of aromatic nitrogens is 2. The van der Waals surface area contributed by atoms with Crippen LogP contribution in [0, 0.1) is 6.92 Å². The van der Waals surface area contributed by atoms with E-state index in [2.05, 4.69) is 28.7 Å². The van der Waals surface area contributed by atoms with Gasteiger partial charge in [0, 0.05) is 44.8 Å². The summed E-state index contributed by atoms with van der Waals surface area (Å²) in [5.41, 5.74) is 0.885. The maximum atomic E-state index is 11.7. The van der Waals surface area contributed by atoms with Gasteiger partial charge < -0.3 is 0 Å². The lowest BCUT2D eigenvalue weighted by atomic mass is 10.2. The Balaban J connectivity index is 1.84. The maximum Gasteiger partial charge on any atom is 0.266 e. The third-order valence-electron chi connectivity index (χ3n) is 3.77. The van der Waals surface area contributed by atoms with Crippen molar-refractivity contribution in [2.24, 2.45) is 0 Å². The van der Waals surface area contributed by atoms with E-state index >= 15 is 0 Å². The number of nitrogens with zero attached hydrogens (tertiary/aromatic N) is 4. The Morgan fingerprint density at radius 2 is 1.84 bits per heavy atom. The molecule has 0 atom stereocenters. The van der Waals surface area contributed by atoms with Crippen LogP contribution in [0.1, 0.15) is 19.5 Å². The number of hydrogen-bond donors (Lipinski definition) is 0. The molecule has 0 bridgehead atoms.